The van der Waals surface area contributed by atoms with Gasteiger partial charge in [0.15, 0.2) is 5.82 Å². The highest BCUT2D eigenvalue weighted by Crippen LogP contribution is 2.25. The van der Waals surface area contributed by atoms with Gasteiger partial charge in [-0.25, -0.2) is 4.98 Å². The van der Waals surface area contributed by atoms with Crippen LogP contribution in [0.1, 0.15) is 33.6 Å². The number of nitrogens with two attached hydrogens (primary N) is 1. The minimum atomic E-state index is 0.0467. The number of ether oxygens (including phenoxy) is 1. The first-order valence-corrected chi connectivity index (χ1v) is 7.79. The molecule has 0 bridgehead atoms. The maximum Gasteiger partial charge on any atom is 0.242 e. The Morgan fingerprint density at radius 2 is 2.10 bits per heavy atom. The smallest absolute Gasteiger partial charge is 0.242 e. The summed E-state index contributed by atoms with van der Waals surface area (Å²) in [6, 6.07) is 0. The Labute approximate surface area is 127 Å². The fourth-order valence-corrected chi connectivity index (χ4v) is 2.46. The lowest BCUT2D eigenvalue weighted by atomic mass is 9.99. The zero-order chi connectivity index (χ0) is 15.2. The molecule has 0 atom stereocenters. The Balaban J connectivity index is 1.83. The third kappa shape index (κ3) is 4.74. The zero-order valence-corrected chi connectivity index (χ0v) is 13.3. The highest BCUT2D eigenvalue weighted by Gasteiger charge is 2.15. The van der Waals surface area contributed by atoms with E-state index < -0.39 is 0 Å². The molecule has 6 nitrogen and oxygen atoms in total. The fraction of sp³-hybridized carbons (Fsp3) is 0.733. The standard InChI is InChI=1S/C15H27N5O/c1-11(2)21-15-13(16)14(18-10-19-15)17-6-9-20-7-4-12(3)5-8-20/h10-12H,4-9,16H2,1-3H3,(H,17,18,19). The SMILES string of the molecule is CC1CCN(CCNc2ncnc(OC(C)C)c2N)CC1. The van der Waals surface area contributed by atoms with Crippen LogP contribution in [-0.2, 0) is 0 Å². The molecule has 6 heteroatoms. The molecule has 1 aliphatic rings. The lowest BCUT2D eigenvalue weighted by Crippen LogP contribution is -2.36. The molecule has 1 saturated heterocycles. The topological polar surface area (TPSA) is 76.3 Å². The molecule has 0 aromatic carbocycles. The Morgan fingerprint density at radius 3 is 2.76 bits per heavy atom. The molecule has 2 rings (SSSR count). The second kappa shape index (κ2) is 7.45. The summed E-state index contributed by atoms with van der Waals surface area (Å²) in [4.78, 5) is 10.8. The van der Waals surface area contributed by atoms with Crippen molar-refractivity contribution in [3.05, 3.63) is 6.33 Å². The molecule has 1 aliphatic heterocycles. The largest absolute Gasteiger partial charge is 0.473 e. The van der Waals surface area contributed by atoms with E-state index in [1.165, 1.54) is 32.3 Å². The van der Waals surface area contributed by atoms with Crippen molar-refractivity contribution in [2.75, 3.05) is 37.2 Å². The third-order valence-corrected chi connectivity index (χ3v) is 3.79. The first kappa shape index (κ1) is 15.8. The van der Waals surface area contributed by atoms with Gasteiger partial charge in [0.25, 0.3) is 0 Å². The number of nitrogens with zero attached hydrogens (tertiary/aromatic N) is 3. The molecular formula is C15H27N5O. The van der Waals surface area contributed by atoms with Gasteiger partial charge in [0, 0.05) is 13.1 Å². The summed E-state index contributed by atoms with van der Waals surface area (Å²) in [5, 5.41) is 3.29. The van der Waals surface area contributed by atoms with Crippen molar-refractivity contribution in [3.8, 4) is 5.88 Å². The van der Waals surface area contributed by atoms with E-state index in [9.17, 15) is 0 Å². The van der Waals surface area contributed by atoms with Crippen molar-refractivity contribution in [1.82, 2.24) is 14.9 Å². The van der Waals surface area contributed by atoms with Crippen LogP contribution in [0.3, 0.4) is 0 Å². The van der Waals surface area contributed by atoms with Gasteiger partial charge in [0.05, 0.1) is 6.10 Å². The number of aromatic nitrogens is 2. The lowest BCUT2D eigenvalue weighted by Gasteiger charge is -2.30. The summed E-state index contributed by atoms with van der Waals surface area (Å²) in [5.41, 5.74) is 6.53. The predicted molar refractivity (Wildman–Crippen MR) is 85.5 cm³/mol. The van der Waals surface area contributed by atoms with E-state index in [0.29, 0.717) is 17.4 Å². The van der Waals surface area contributed by atoms with Crippen LogP contribution in [0.4, 0.5) is 11.5 Å². The second-order valence-electron chi connectivity index (χ2n) is 6.06. The van der Waals surface area contributed by atoms with E-state index in [0.717, 1.165) is 19.0 Å². The maximum atomic E-state index is 6.04. The number of rotatable bonds is 6. The molecule has 0 radical (unpaired) electrons. The Hall–Kier alpha value is -1.56. The van der Waals surface area contributed by atoms with Crippen LogP contribution in [0.5, 0.6) is 5.88 Å². The van der Waals surface area contributed by atoms with E-state index in [2.05, 4.69) is 27.1 Å². The van der Waals surface area contributed by atoms with E-state index in [1.807, 2.05) is 13.8 Å². The van der Waals surface area contributed by atoms with Crippen LogP contribution in [0, 0.1) is 5.92 Å². The van der Waals surface area contributed by atoms with Crippen LogP contribution in [0.2, 0.25) is 0 Å². The molecule has 118 valence electrons. The first-order valence-electron chi connectivity index (χ1n) is 7.79. The minimum absolute atomic E-state index is 0.0467. The van der Waals surface area contributed by atoms with E-state index in [4.69, 9.17) is 10.5 Å². The van der Waals surface area contributed by atoms with E-state index in [1.54, 1.807) is 0 Å². The molecule has 3 N–H and O–H groups in total. The van der Waals surface area contributed by atoms with Gasteiger partial charge in [-0.3, -0.25) is 0 Å². The average molecular weight is 293 g/mol. The molecule has 1 aromatic rings. The van der Waals surface area contributed by atoms with Gasteiger partial charge in [-0.2, -0.15) is 4.98 Å². The normalized spacial score (nSPS) is 17.1. The van der Waals surface area contributed by atoms with Crippen molar-refractivity contribution in [3.63, 3.8) is 0 Å². The summed E-state index contributed by atoms with van der Waals surface area (Å²) in [5.74, 6) is 1.97. The molecule has 1 aromatic heterocycles. The van der Waals surface area contributed by atoms with Crippen molar-refractivity contribution in [2.24, 2.45) is 5.92 Å². The van der Waals surface area contributed by atoms with Crippen LogP contribution in [0.25, 0.3) is 0 Å². The van der Waals surface area contributed by atoms with E-state index in [-0.39, 0.29) is 6.10 Å². The summed E-state index contributed by atoms with van der Waals surface area (Å²) in [6.07, 6.45) is 4.12. The van der Waals surface area contributed by atoms with Gasteiger partial charge in [-0.15, -0.1) is 0 Å². The summed E-state index contributed by atoms with van der Waals surface area (Å²) < 4.78 is 5.57. The number of hydrogen-bond acceptors (Lipinski definition) is 6. The summed E-state index contributed by atoms with van der Waals surface area (Å²) in [7, 11) is 0. The van der Waals surface area contributed by atoms with Crippen molar-refractivity contribution in [2.45, 2.75) is 39.7 Å². The molecule has 0 spiro atoms. The van der Waals surface area contributed by atoms with Crippen LogP contribution < -0.4 is 15.8 Å². The second-order valence-corrected chi connectivity index (χ2v) is 6.06. The van der Waals surface area contributed by atoms with Gasteiger partial charge in [-0.1, -0.05) is 6.92 Å². The van der Waals surface area contributed by atoms with E-state index >= 15 is 0 Å². The Kier molecular flexibility index (Phi) is 5.61. The number of likely N-dealkylation sites (tertiary alicyclic amines) is 1. The number of nitrogens with one attached hydrogen (secondary N) is 1. The molecule has 21 heavy (non-hydrogen) atoms. The summed E-state index contributed by atoms with van der Waals surface area (Å²) in [6.45, 7) is 10.4. The first-order chi connectivity index (χ1) is 10.1. The van der Waals surface area contributed by atoms with Crippen molar-refractivity contribution in [1.29, 1.82) is 0 Å². The van der Waals surface area contributed by atoms with Gasteiger partial charge in [0.2, 0.25) is 5.88 Å². The number of hydrogen-bond donors (Lipinski definition) is 2. The molecule has 2 heterocycles. The third-order valence-electron chi connectivity index (χ3n) is 3.79. The molecule has 0 amide bonds. The molecular weight excluding hydrogens is 266 g/mol. The molecule has 0 unspecified atom stereocenters. The number of piperidine rings is 1. The minimum Gasteiger partial charge on any atom is -0.473 e. The quantitative estimate of drug-likeness (QED) is 0.835. The zero-order valence-electron chi connectivity index (χ0n) is 13.3. The highest BCUT2D eigenvalue weighted by atomic mass is 16.5. The average Bonchev–Trinajstić information content (AvgIpc) is 2.44. The fourth-order valence-electron chi connectivity index (χ4n) is 2.46. The predicted octanol–water partition coefficient (Wildman–Crippen LogP) is 1.99. The lowest BCUT2D eigenvalue weighted by molar-refractivity contribution is 0.199. The Morgan fingerprint density at radius 1 is 1.38 bits per heavy atom. The molecule has 0 aliphatic carbocycles. The number of nitrogen functional groups attached to an aromatic ring is 1. The van der Waals surface area contributed by atoms with Crippen LogP contribution >= 0.6 is 0 Å². The van der Waals surface area contributed by atoms with Gasteiger partial charge < -0.3 is 20.7 Å². The van der Waals surface area contributed by atoms with Crippen molar-refractivity contribution < 1.29 is 4.74 Å². The van der Waals surface area contributed by atoms with Crippen LogP contribution in [-0.4, -0.2) is 47.2 Å². The Bertz CT molecular complexity index is 444. The van der Waals surface area contributed by atoms with Crippen LogP contribution in [0.15, 0.2) is 6.33 Å². The maximum absolute atomic E-state index is 6.04. The van der Waals surface area contributed by atoms with Crippen molar-refractivity contribution >= 4 is 11.5 Å². The number of anilines is 2. The van der Waals surface area contributed by atoms with Gasteiger partial charge in [0.1, 0.15) is 12.0 Å². The molecule has 0 saturated carbocycles. The highest BCUT2D eigenvalue weighted by molar-refractivity contribution is 5.66. The molecule has 1 fully saturated rings. The van der Waals surface area contributed by atoms with Gasteiger partial charge >= 0.3 is 0 Å². The van der Waals surface area contributed by atoms with Gasteiger partial charge in [-0.05, 0) is 45.7 Å². The monoisotopic (exact) mass is 293 g/mol. The summed E-state index contributed by atoms with van der Waals surface area (Å²) >= 11 is 0.